The van der Waals surface area contributed by atoms with Gasteiger partial charge in [0, 0.05) is 12.5 Å². The van der Waals surface area contributed by atoms with E-state index in [2.05, 4.69) is 39.1 Å². The van der Waals surface area contributed by atoms with Gasteiger partial charge in [0.1, 0.15) is 72.9 Å². The molecule has 8 fully saturated rings. The van der Waals surface area contributed by atoms with E-state index in [1.807, 2.05) is 0 Å². The van der Waals surface area contributed by atoms with Gasteiger partial charge in [-0.15, -0.1) is 12.4 Å². The topological polar surface area (TPSA) is 259 Å². The summed E-state index contributed by atoms with van der Waals surface area (Å²) in [6.45, 7) is 10.8. The van der Waals surface area contributed by atoms with Crippen LogP contribution < -0.4 is 5.32 Å². The number of aliphatic hydroxyl groups excluding tert-OH is 9. The van der Waals surface area contributed by atoms with Gasteiger partial charge in [-0.2, -0.15) is 0 Å². The lowest BCUT2D eigenvalue weighted by Crippen LogP contribution is -2.67. The smallest absolute Gasteiger partial charge is 0.187 e. The van der Waals surface area contributed by atoms with E-state index in [1.165, 1.54) is 25.3 Å². The molecule has 63 heavy (non-hydrogen) atoms. The van der Waals surface area contributed by atoms with E-state index < -0.39 is 111 Å². The molecule has 18 heteroatoms. The van der Waals surface area contributed by atoms with Gasteiger partial charge in [0.25, 0.3) is 0 Å². The molecule has 0 aromatic carbocycles. The number of nitrogens with one attached hydrogen (secondary N) is 1. The number of aliphatic hydroxyl groups is 9. The first kappa shape index (κ1) is 48.8. The molecule has 3 saturated carbocycles. The van der Waals surface area contributed by atoms with Gasteiger partial charge in [0.2, 0.25) is 0 Å². The minimum atomic E-state index is -1.84. The molecule has 0 radical (unpaired) electrons. The van der Waals surface area contributed by atoms with E-state index >= 15 is 0 Å². The Balaban J connectivity index is 0.00000544. The summed E-state index contributed by atoms with van der Waals surface area (Å²) in [6.07, 6.45) is -11.9. The van der Waals surface area contributed by atoms with E-state index in [0.29, 0.717) is 48.3 Å². The monoisotopic (exact) mass is 919 g/mol. The zero-order valence-corrected chi connectivity index (χ0v) is 37.9. The van der Waals surface area contributed by atoms with Gasteiger partial charge in [-0.1, -0.05) is 39.3 Å². The van der Waals surface area contributed by atoms with Crippen molar-refractivity contribution in [2.45, 2.75) is 202 Å². The number of ether oxygens (including phenoxy) is 7. The molecule has 4 aliphatic carbocycles. The van der Waals surface area contributed by atoms with Crippen molar-refractivity contribution in [2.24, 2.45) is 46.3 Å². The summed E-state index contributed by atoms with van der Waals surface area (Å²) in [7, 11) is 0. The van der Waals surface area contributed by atoms with Crippen molar-refractivity contribution >= 4 is 12.4 Å². The quantitative estimate of drug-likeness (QED) is 0.146. The average Bonchev–Trinajstić information content (AvgIpc) is 3.70. The Morgan fingerprint density at radius 1 is 0.698 bits per heavy atom. The maximum atomic E-state index is 11.6. The van der Waals surface area contributed by atoms with E-state index in [1.54, 1.807) is 0 Å². The summed E-state index contributed by atoms with van der Waals surface area (Å²) in [5, 5.41) is 99.7. The summed E-state index contributed by atoms with van der Waals surface area (Å²) in [5.41, 5.74) is 1.32. The van der Waals surface area contributed by atoms with Crippen LogP contribution in [0, 0.1) is 46.3 Å². The van der Waals surface area contributed by atoms with Gasteiger partial charge in [0.15, 0.2) is 18.9 Å². The number of rotatable bonds is 8. The van der Waals surface area contributed by atoms with Crippen molar-refractivity contribution in [3.63, 3.8) is 0 Å². The summed E-state index contributed by atoms with van der Waals surface area (Å²) < 4.78 is 43.9. The van der Waals surface area contributed by atoms with Gasteiger partial charge in [0.05, 0.1) is 31.5 Å². The molecule has 9 aliphatic rings. The fraction of sp³-hybridized carbons (Fsp3) is 0.956. The molecule has 5 saturated heterocycles. The molecular formula is C45H74ClNO16. The minimum Gasteiger partial charge on any atom is -0.394 e. The first-order valence-electron chi connectivity index (χ1n) is 23.5. The molecule has 9 rings (SSSR count). The van der Waals surface area contributed by atoms with Crippen molar-refractivity contribution in [2.75, 3.05) is 19.8 Å². The molecule has 0 aromatic heterocycles. The largest absolute Gasteiger partial charge is 0.394 e. The summed E-state index contributed by atoms with van der Waals surface area (Å²) in [4.78, 5) is 0. The normalized spacial score (nSPS) is 56.7. The van der Waals surface area contributed by atoms with Crippen LogP contribution in [0.4, 0.5) is 0 Å². The maximum Gasteiger partial charge on any atom is 0.187 e. The molecule has 17 nitrogen and oxygen atoms in total. The van der Waals surface area contributed by atoms with Gasteiger partial charge >= 0.3 is 0 Å². The third kappa shape index (κ3) is 8.10. The molecule has 0 unspecified atom stereocenters. The third-order valence-corrected chi connectivity index (χ3v) is 17.9. The van der Waals surface area contributed by atoms with E-state index in [0.717, 1.165) is 38.6 Å². The highest BCUT2D eigenvalue weighted by Gasteiger charge is 2.68. The number of fused-ring (bicyclic) bond motifs is 7. The Bertz CT molecular complexity index is 1620. The second-order valence-corrected chi connectivity index (χ2v) is 21.2. The lowest BCUT2D eigenvalue weighted by molar-refractivity contribution is -0.394. The van der Waals surface area contributed by atoms with Crippen molar-refractivity contribution in [1.82, 2.24) is 5.32 Å². The van der Waals surface area contributed by atoms with Crippen LogP contribution in [0.1, 0.15) is 92.4 Å². The highest BCUT2D eigenvalue weighted by molar-refractivity contribution is 5.85. The Hall–Kier alpha value is -0.650. The van der Waals surface area contributed by atoms with Crippen LogP contribution in [-0.4, -0.2) is 176 Å². The second kappa shape index (κ2) is 18.3. The highest BCUT2D eigenvalue weighted by atomic mass is 35.5. The predicted molar refractivity (Wildman–Crippen MR) is 223 cm³/mol. The number of halogens is 1. The van der Waals surface area contributed by atoms with Crippen LogP contribution in [0.2, 0.25) is 0 Å². The minimum absolute atomic E-state index is 0. The number of allylic oxidation sites excluding steroid dienone is 1. The molecule has 5 heterocycles. The molecule has 0 aromatic rings. The maximum absolute atomic E-state index is 11.6. The van der Waals surface area contributed by atoms with Gasteiger partial charge in [-0.25, -0.2) is 0 Å². The molecule has 0 amide bonds. The molecule has 0 bridgehead atoms. The average molecular weight is 921 g/mol. The van der Waals surface area contributed by atoms with Crippen LogP contribution in [0.3, 0.4) is 0 Å². The molecule has 5 aliphatic heterocycles. The van der Waals surface area contributed by atoms with Crippen molar-refractivity contribution in [3.8, 4) is 0 Å². The zero-order chi connectivity index (χ0) is 44.2. The first-order chi connectivity index (χ1) is 29.4. The highest BCUT2D eigenvalue weighted by Crippen LogP contribution is 2.70. The van der Waals surface area contributed by atoms with Crippen LogP contribution in [0.5, 0.6) is 0 Å². The lowest BCUT2D eigenvalue weighted by atomic mass is 9.47. The fourth-order valence-electron chi connectivity index (χ4n) is 14.2. The van der Waals surface area contributed by atoms with Gasteiger partial charge in [-0.05, 0) is 105 Å². The molecule has 26 atom stereocenters. The van der Waals surface area contributed by atoms with Crippen LogP contribution in [0.15, 0.2) is 11.6 Å². The van der Waals surface area contributed by atoms with Crippen molar-refractivity contribution in [3.05, 3.63) is 11.6 Å². The molecule has 10 N–H and O–H groups in total. The Morgan fingerprint density at radius 3 is 2.03 bits per heavy atom. The number of hydrogen-bond donors (Lipinski definition) is 10. The standard InChI is InChI=1S/C45H73NO16.ClH/c1-19-8-13-45(46-16-19)20(2)30-27(62-45)15-26-24-7-6-22-14-23(9-11-43(22,4)25(24)10-12-44(26,30)5)57-42-39(61-40-36(54)34(52)31(49)21(3)56-40)38(33(51)29(18-48)59-42)60-41-37(55)35(53)32(50)28(17-47)58-41;/h6,19-21,23-42,46-55H,7-18H2,1-5H3;1H/t19-,20+,21+,23+,24-,25+,26+,27+,28-,29-,30+,31+,32-,33+,34-,35+,36-,37-,38+,39-,40+,41+,42-,43+,44+,45-;/m1./s1. The summed E-state index contributed by atoms with van der Waals surface area (Å²) >= 11 is 0. The van der Waals surface area contributed by atoms with E-state index in [4.69, 9.17) is 33.2 Å². The van der Waals surface area contributed by atoms with Crippen molar-refractivity contribution < 1.29 is 79.1 Å². The first-order valence-corrected chi connectivity index (χ1v) is 23.5. The summed E-state index contributed by atoms with van der Waals surface area (Å²) in [5.74, 6) is 3.32. The molecule has 362 valence electrons. The fourth-order valence-corrected chi connectivity index (χ4v) is 14.2. The Kier molecular flexibility index (Phi) is 14.2. The second-order valence-electron chi connectivity index (χ2n) is 21.2. The van der Waals surface area contributed by atoms with Crippen molar-refractivity contribution in [1.29, 1.82) is 0 Å². The Morgan fingerprint density at radius 2 is 1.35 bits per heavy atom. The zero-order valence-electron chi connectivity index (χ0n) is 37.1. The van der Waals surface area contributed by atoms with Gasteiger partial charge < -0.3 is 79.1 Å². The van der Waals surface area contributed by atoms with Crippen LogP contribution in [-0.2, 0) is 33.2 Å². The van der Waals surface area contributed by atoms with Gasteiger partial charge in [-0.3, -0.25) is 5.32 Å². The molecule has 1 spiro atoms. The lowest BCUT2D eigenvalue weighted by Gasteiger charge is -2.59. The Labute approximate surface area is 376 Å². The summed E-state index contributed by atoms with van der Waals surface area (Å²) in [6, 6.07) is 0. The molecular weight excluding hydrogens is 846 g/mol. The van der Waals surface area contributed by atoms with E-state index in [9.17, 15) is 46.0 Å². The number of piperidine rings is 1. The van der Waals surface area contributed by atoms with E-state index in [-0.39, 0.29) is 35.1 Å². The van der Waals surface area contributed by atoms with Crippen LogP contribution in [0.25, 0.3) is 0 Å². The SMILES string of the molecule is C[C@@H]1CC[C@@]2(NC1)O[C@H]1C[C@H]3[C@@H]4CC=C5C[C@@H](O[C@@H]6O[C@H](CO)[C@H](O)[C@H](O[C@@H]7O[C@H](CO)[C@@H](O)[C@H](O)[C@H]7O)[C@H]6O[C@@H]6O[C@@H](C)[C@H](O)[C@@H](O)[C@H]6O)CC[C@]5(C)[C@H]4CC[C@]3(C)[C@H]1[C@@H]2C.Cl. The van der Waals surface area contributed by atoms with Crippen LogP contribution >= 0.6 is 12.4 Å². The predicted octanol–water partition coefficient (Wildman–Crippen LogP) is 0.209. The third-order valence-electron chi connectivity index (χ3n) is 17.9. The number of hydrogen-bond acceptors (Lipinski definition) is 17.